The van der Waals surface area contributed by atoms with Crippen LogP contribution in [0.3, 0.4) is 0 Å². The van der Waals surface area contributed by atoms with Crippen molar-refractivity contribution in [2.24, 2.45) is 5.10 Å². The number of benzene rings is 1. The molecule has 0 saturated carbocycles. The summed E-state index contributed by atoms with van der Waals surface area (Å²) < 4.78 is 1.08. The maximum absolute atomic E-state index is 12.1. The van der Waals surface area contributed by atoms with Crippen molar-refractivity contribution in [3.8, 4) is 5.75 Å². The molecule has 0 aliphatic rings. The minimum absolute atomic E-state index is 0.117. The summed E-state index contributed by atoms with van der Waals surface area (Å²) in [7, 11) is 0. The van der Waals surface area contributed by atoms with Crippen LogP contribution in [0.2, 0.25) is 0 Å². The highest BCUT2D eigenvalue weighted by Gasteiger charge is 2.07. The van der Waals surface area contributed by atoms with Crippen LogP contribution in [0.4, 0.5) is 0 Å². The molecule has 0 radical (unpaired) electrons. The molecule has 5 nitrogen and oxygen atoms in total. The van der Waals surface area contributed by atoms with Crippen LogP contribution >= 0.6 is 31.9 Å². The van der Waals surface area contributed by atoms with Crippen molar-refractivity contribution >= 4 is 44.0 Å². The van der Waals surface area contributed by atoms with Gasteiger partial charge in [-0.15, -0.1) is 0 Å². The molecule has 2 rings (SSSR count). The summed E-state index contributed by atoms with van der Waals surface area (Å²) in [4.78, 5) is 16.2. The summed E-state index contributed by atoms with van der Waals surface area (Å²) in [5.41, 5.74) is 4.73. The Morgan fingerprint density at radius 1 is 1.29 bits per heavy atom. The van der Waals surface area contributed by atoms with Gasteiger partial charge in [0.2, 0.25) is 0 Å². The fourth-order valence-corrected chi connectivity index (χ4v) is 3.24. The second-order valence-electron chi connectivity index (χ2n) is 5.22. The van der Waals surface area contributed by atoms with E-state index in [-0.39, 0.29) is 11.7 Å². The van der Waals surface area contributed by atoms with Crippen molar-refractivity contribution in [1.29, 1.82) is 0 Å². The van der Waals surface area contributed by atoms with Gasteiger partial charge >= 0.3 is 0 Å². The van der Waals surface area contributed by atoms with Crippen LogP contribution in [0, 0.1) is 0 Å². The summed E-state index contributed by atoms with van der Waals surface area (Å²) in [6, 6.07) is 5.23. The fourth-order valence-electron chi connectivity index (χ4n) is 2.02. The van der Waals surface area contributed by atoms with Crippen LogP contribution < -0.4 is 5.43 Å². The number of aromatic hydroxyl groups is 1. The third kappa shape index (κ3) is 5.14. The quantitative estimate of drug-likeness (QED) is 0.501. The van der Waals surface area contributed by atoms with Gasteiger partial charge in [0.15, 0.2) is 0 Å². The number of phenolic OH excluding ortho intramolecular Hbond substituents is 1. The van der Waals surface area contributed by atoms with E-state index >= 15 is 0 Å². The van der Waals surface area contributed by atoms with Crippen molar-refractivity contribution < 1.29 is 9.90 Å². The molecular formula is C17H17Br2N3O2. The van der Waals surface area contributed by atoms with E-state index in [0.29, 0.717) is 14.5 Å². The predicted molar refractivity (Wildman–Crippen MR) is 101 cm³/mol. The first-order valence-corrected chi connectivity index (χ1v) is 9.05. The lowest BCUT2D eigenvalue weighted by molar-refractivity contribution is 0.0954. The average molecular weight is 455 g/mol. The van der Waals surface area contributed by atoms with Gasteiger partial charge in [-0.3, -0.25) is 9.78 Å². The molecule has 0 spiro atoms. The van der Waals surface area contributed by atoms with E-state index in [4.69, 9.17) is 0 Å². The van der Waals surface area contributed by atoms with Gasteiger partial charge in [-0.25, -0.2) is 5.43 Å². The maximum atomic E-state index is 12.1. The number of hydrazone groups is 1. The van der Waals surface area contributed by atoms with Crippen LogP contribution in [0.25, 0.3) is 0 Å². The normalized spacial score (nSPS) is 11.0. The number of halogens is 2. The van der Waals surface area contributed by atoms with Gasteiger partial charge in [0, 0.05) is 12.4 Å². The molecule has 0 bridgehead atoms. The number of phenols is 1. The molecule has 1 amide bonds. The fraction of sp³-hybridized carbons (Fsp3) is 0.235. The number of hydrogen-bond acceptors (Lipinski definition) is 4. The molecule has 24 heavy (non-hydrogen) atoms. The summed E-state index contributed by atoms with van der Waals surface area (Å²) in [5, 5.41) is 13.6. The van der Waals surface area contributed by atoms with Gasteiger partial charge < -0.3 is 5.11 Å². The van der Waals surface area contributed by atoms with Crippen LogP contribution in [-0.2, 0) is 6.42 Å². The Kier molecular flexibility index (Phi) is 6.93. The van der Waals surface area contributed by atoms with E-state index in [9.17, 15) is 9.90 Å². The Hall–Kier alpha value is -1.73. The van der Waals surface area contributed by atoms with Gasteiger partial charge in [0.1, 0.15) is 5.75 Å². The number of nitrogens with one attached hydrogen (secondary N) is 1. The number of hydrogen-bond donors (Lipinski definition) is 2. The zero-order chi connectivity index (χ0) is 17.5. The second-order valence-corrected chi connectivity index (χ2v) is 6.93. The minimum Gasteiger partial charge on any atom is -0.506 e. The first kappa shape index (κ1) is 18.6. The molecule has 0 aliphatic heterocycles. The van der Waals surface area contributed by atoms with Crippen LogP contribution in [0.15, 0.2) is 44.6 Å². The Balaban J connectivity index is 2.02. The standard InChI is InChI=1S/C17H17Br2N3O2/c1-2-3-4-11-5-13(10-20-8-11)17(24)22-21-9-12-6-14(18)16(23)15(19)7-12/h5-10,23H,2-4H2,1H3,(H,22,24)/b21-9+. The molecule has 2 N–H and O–H groups in total. The molecule has 7 heteroatoms. The van der Waals surface area contributed by atoms with E-state index < -0.39 is 0 Å². The highest BCUT2D eigenvalue weighted by atomic mass is 79.9. The number of unbranched alkanes of at least 4 members (excludes halogenated alkanes) is 1. The van der Waals surface area contributed by atoms with E-state index in [1.54, 1.807) is 18.3 Å². The highest BCUT2D eigenvalue weighted by Crippen LogP contribution is 2.32. The molecular weight excluding hydrogens is 438 g/mol. The monoisotopic (exact) mass is 453 g/mol. The maximum Gasteiger partial charge on any atom is 0.272 e. The van der Waals surface area contributed by atoms with Gasteiger partial charge in [-0.1, -0.05) is 13.3 Å². The molecule has 2 aromatic rings. The largest absolute Gasteiger partial charge is 0.506 e. The summed E-state index contributed by atoms with van der Waals surface area (Å²) >= 11 is 6.49. The second kappa shape index (κ2) is 8.94. The Morgan fingerprint density at radius 3 is 2.67 bits per heavy atom. The molecule has 0 aliphatic carbocycles. The predicted octanol–water partition coefficient (Wildman–Crippen LogP) is 4.42. The molecule has 1 aromatic heterocycles. The van der Waals surface area contributed by atoms with Gasteiger partial charge in [0.25, 0.3) is 5.91 Å². The van der Waals surface area contributed by atoms with E-state index in [1.165, 1.54) is 12.4 Å². The zero-order valence-corrected chi connectivity index (χ0v) is 16.3. The molecule has 1 heterocycles. The number of rotatable bonds is 6. The highest BCUT2D eigenvalue weighted by molar-refractivity contribution is 9.11. The van der Waals surface area contributed by atoms with Crippen LogP contribution in [-0.4, -0.2) is 22.2 Å². The van der Waals surface area contributed by atoms with Crippen LogP contribution in [0.5, 0.6) is 5.75 Å². The van der Waals surface area contributed by atoms with E-state index in [1.807, 2.05) is 6.07 Å². The lowest BCUT2D eigenvalue weighted by Gasteiger charge is -2.04. The smallest absolute Gasteiger partial charge is 0.272 e. The van der Waals surface area contributed by atoms with Gasteiger partial charge in [0.05, 0.1) is 20.7 Å². The Morgan fingerprint density at radius 2 is 2.00 bits per heavy atom. The molecule has 0 atom stereocenters. The van der Waals surface area contributed by atoms with Gasteiger partial charge in [-0.05, 0) is 74.0 Å². The van der Waals surface area contributed by atoms with Crippen LogP contribution in [0.1, 0.15) is 41.3 Å². The molecule has 0 unspecified atom stereocenters. The number of amides is 1. The van der Waals surface area contributed by atoms with Gasteiger partial charge in [-0.2, -0.15) is 5.10 Å². The SMILES string of the molecule is CCCCc1cncc(C(=O)N/N=C/c2cc(Br)c(O)c(Br)c2)c1. The number of carbonyl (C=O) groups is 1. The van der Waals surface area contributed by atoms with Crippen molar-refractivity contribution in [3.63, 3.8) is 0 Å². The number of pyridine rings is 1. The Labute approximate surface area is 157 Å². The van der Waals surface area contributed by atoms with Crippen molar-refractivity contribution in [3.05, 3.63) is 56.2 Å². The number of aryl methyl sites for hydroxylation is 1. The molecule has 0 fully saturated rings. The first-order valence-electron chi connectivity index (χ1n) is 7.46. The summed E-state index contributed by atoms with van der Waals surface area (Å²) in [6.07, 6.45) is 7.87. The number of carbonyl (C=O) groups excluding carboxylic acids is 1. The summed E-state index contributed by atoms with van der Waals surface area (Å²) in [6.45, 7) is 2.12. The zero-order valence-electron chi connectivity index (χ0n) is 13.1. The number of aromatic nitrogens is 1. The third-order valence-corrected chi connectivity index (χ3v) is 4.50. The van der Waals surface area contributed by atoms with Crippen molar-refractivity contribution in [2.75, 3.05) is 0 Å². The first-order chi connectivity index (χ1) is 11.5. The number of nitrogens with zero attached hydrogens (tertiary/aromatic N) is 2. The Bertz CT molecular complexity index is 740. The summed E-state index contributed by atoms with van der Waals surface area (Å²) in [5.74, 6) is -0.194. The molecule has 1 aromatic carbocycles. The van der Waals surface area contributed by atoms with Crippen molar-refractivity contribution in [2.45, 2.75) is 26.2 Å². The lowest BCUT2D eigenvalue weighted by atomic mass is 10.1. The minimum atomic E-state index is -0.311. The van der Waals surface area contributed by atoms with Crippen molar-refractivity contribution in [1.82, 2.24) is 10.4 Å². The third-order valence-electron chi connectivity index (χ3n) is 3.30. The lowest BCUT2D eigenvalue weighted by Crippen LogP contribution is -2.18. The topological polar surface area (TPSA) is 74.6 Å². The van der Waals surface area contributed by atoms with E-state index in [0.717, 1.165) is 30.4 Å². The van der Waals surface area contributed by atoms with E-state index in [2.05, 4.69) is 54.3 Å². The molecule has 126 valence electrons. The average Bonchev–Trinajstić information content (AvgIpc) is 2.58. The molecule has 0 saturated heterocycles.